The molecule has 0 saturated carbocycles. The highest BCUT2D eigenvalue weighted by atomic mass is 35.5. The van der Waals surface area contributed by atoms with Gasteiger partial charge >= 0.3 is 0 Å². The number of carbonyl (C=O) groups is 1. The van der Waals surface area contributed by atoms with E-state index in [-0.39, 0.29) is 19.1 Å². The van der Waals surface area contributed by atoms with Crippen LogP contribution < -0.4 is 0 Å². The number of amides is 1. The van der Waals surface area contributed by atoms with Crippen LogP contribution in [0.3, 0.4) is 0 Å². The molecular formula is C21H23Cl2NO5S. The number of hydrogen-bond acceptors (Lipinski definition) is 5. The van der Waals surface area contributed by atoms with E-state index in [1.807, 2.05) is 36.4 Å². The first kappa shape index (κ1) is 23.0. The molecule has 0 bridgehead atoms. The fraction of sp³-hybridized carbons (Fsp3) is 0.381. The molecule has 3 rings (SSSR count). The Hall–Kier alpha value is -1.64. The summed E-state index contributed by atoms with van der Waals surface area (Å²) in [5, 5.41) is 0.806. The van der Waals surface area contributed by atoms with E-state index >= 15 is 0 Å². The number of hydrogen-bond donors (Lipinski definition) is 0. The monoisotopic (exact) mass is 471 g/mol. The molecule has 1 aliphatic rings. The van der Waals surface area contributed by atoms with Crippen molar-refractivity contribution in [3.8, 4) is 0 Å². The second-order valence-corrected chi connectivity index (χ2v) is 9.74. The molecule has 1 aliphatic heterocycles. The first-order valence-corrected chi connectivity index (χ1v) is 12.0. The maximum absolute atomic E-state index is 12.5. The van der Waals surface area contributed by atoms with Crippen LogP contribution in [0.15, 0.2) is 48.5 Å². The van der Waals surface area contributed by atoms with E-state index in [1.165, 1.54) is 0 Å². The summed E-state index contributed by atoms with van der Waals surface area (Å²) in [4.78, 5) is 14.3. The quantitative estimate of drug-likeness (QED) is 0.429. The number of nitrogens with zero attached hydrogens (tertiary/aromatic N) is 1. The Kier molecular flexibility index (Phi) is 7.42. The summed E-state index contributed by atoms with van der Waals surface area (Å²) in [5.74, 6) is -0.109. The molecule has 0 radical (unpaired) electrons. The molecular weight excluding hydrogens is 449 g/mol. The Morgan fingerprint density at radius 1 is 1.13 bits per heavy atom. The molecule has 2 aromatic carbocycles. The van der Waals surface area contributed by atoms with Crippen LogP contribution in [0.4, 0.5) is 0 Å². The summed E-state index contributed by atoms with van der Waals surface area (Å²) < 4.78 is 33.5. The van der Waals surface area contributed by atoms with Gasteiger partial charge in [-0.3, -0.25) is 8.98 Å². The van der Waals surface area contributed by atoms with Gasteiger partial charge in [-0.2, -0.15) is 8.42 Å². The second-order valence-electron chi connectivity index (χ2n) is 7.28. The van der Waals surface area contributed by atoms with Gasteiger partial charge in [0.2, 0.25) is 5.91 Å². The van der Waals surface area contributed by atoms with Gasteiger partial charge in [0, 0.05) is 6.54 Å². The molecule has 1 atom stereocenters. The van der Waals surface area contributed by atoms with Gasteiger partial charge in [-0.15, -0.1) is 0 Å². The minimum absolute atomic E-state index is 0.0257. The van der Waals surface area contributed by atoms with Crippen LogP contribution in [0.2, 0.25) is 10.0 Å². The van der Waals surface area contributed by atoms with Crippen LogP contribution in [0.5, 0.6) is 0 Å². The Morgan fingerprint density at radius 2 is 1.87 bits per heavy atom. The lowest BCUT2D eigenvalue weighted by Gasteiger charge is -2.43. The highest BCUT2D eigenvalue weighted by Gasteiger charge is 2.41. The zero-order chi connectivity index (χ0) is 21.8. The standard InChI is InChI=1S/C21H23Cl2NO5S/c1-30(26,27)29-11-5-10-21(17-8-9-18(22)19(23)12-17)15-24(20(25)14-28-21)13-16-6-3-2-4-7-16/h2-4,6-9,12H,5,10-11,13-15H2,1H3. The van der Waals surface area contributed by atoms with Crippen LogP contribution in [-0.2, 0) is 36.0 Å². The fourth-order valence-electron chi connectivity index (χ4n) is 3.50. The average Bonchev–Trinajstić information content (AvgIpc) is 2.70. The van der Waals surface area contributed by atoms with Gasteiger partial charge in [-0.25, -0.2) is 0 Å². The smallest absolute Gasteiger partial charge is 0.264 e. The molecule has 162 valence electrons. The Labute approximate surface area is 186 Å². The van der Waals surface area contributed by atoms with E-state index in [2.05, 4.69) is 0 Å². The topological polar surface area (TPSA) is 72.9 Å². The molecule has 1 heterocycles. The zero-order valence-electron chi connectivity index (χ0n) is 16.5. The van der Waals surface area contributed by atoms with Gasteiger partial charge < -0.3 is 9.64 Å². The van der Waals surface area contributed by atoms with Crippen LogP contribution in [0, 0.1) is 0 Å². The number of rotatable bonds is 8. The molecule has 1 saturated heterocycles. The predicted molar refractivity (Wildman–Crippen MR) is 116 cm³/mol. The van der Waals surface area contributed by atoms with Gasteiger partial charge in [0.1, 0.15) is 12.2 Å². The van der Waals surface area contributed by atoms with Gasteiger partial charge in [-0.1, -0.05) is 59.6 Å². The third-order valence-corrected chi connectivity index (χ3v) is 6.29. The van der Waals surface area contributed by atoms with Crippen molar-refractivity contribution in [1.82, 2.24) is 4.90 Å². The van der Waals surface area contributed by atoms with Gasteiger partial charge in [0.05, 0.1) is 29.5 Å². The summed E-state index contributed by atoms with van der Waals surface area (Å²) in [5.41, 5.74) is 0.940. The highest BCUT2D eigenvalue weighted by molar-refractivity contribution is 7.85. The van der Waals surface area contributed by atoms with E-state index in [4.69, 9.17) is 32.1 Å². The largest absolute Gasteiger partial charge is 0.359 e. The summed E-state index contributed by atoms with van der Waals surface area (Å²) in [6.45, 7) is 0.696. The SMILES string of the molecule is CS(=O)(=O)OCCCC1(c2ccc(Cl)c(Cl)c2)CN(Cc2ccccc2)C(=O)CO1. The maximum Gasteiger partial charge on any atom is 0.264 e. The van der Waals surface area contributed by atoms with Crippen molar-refractivity contribution in [1.29, 1.82) is 0 Å². The van der Waals surface area contributed by atoms with Crippen molar-refractivity contribution >= 4 is 39.2 Å². The van der Waals surface area contributed by atoms with Crippen LogP contribution >= 0.6 is 23.2 Å². The molecule has 6 nitrogen and oxygen atoms in total. The van der Waals surface area contributed by atoms with Crippen LogP contribution in [0.25, 0.3) is 0 Å². The third kappa shape index (κ3) is 5.95. The molecule has 1 fully saturated rings. The Morgan fingerprint density at radius 3 is 2.53 bits per heavy atom. The summed E-state index contributed by atoms with van der Waals surface area (Å²) in [7, 11) is -3.53. The normalized spacial score (nSPS) is 19.8. The molecule has 9 heteroatoms. The molecule has 2 aromatic rings. The van der Waals surface area contributed by atoms with Gasteiger partial charge in [0.25, 0.3) is 10.1 Å². The molecule has 0 N–H and O–H groups in total. The minimum Gasteiger partial charge on any atom is -0.359 e. The van der Waals surface area contributed by atoms with E-state index in [0.717, 1.165) is 17.4 Å². The third-order valence-electron chi connectivity index (χ3n) is 4.96. The lowest BCUT2D eigenvalue weighted by atomic mass is 9.87. The predicted octanol–water partition coefficient (Wildman–Crippen LogP) is 4.00. The Balaban J connectivity index is 1.85. The van der Waals surface area contributed by atoms with E-state index < -0.39 is 15.7 Å². The summed E-state index contributed by atoms with van der Waals surface area (Å²) in [6, 6.07) is 14.9. The van der Waals surface area contributed by atoms with Crippen molar-refractivity contribution < 1.29 is 22.1 Å². The van der Waals surface area contributed by atoms with Crippen molar-refractivity contribution in [2.45, 2.75) is 25.0 Å². The molecule has 1 amide bonds. The first-order chi connectivity index (χ1) is 14.2. The molecule has 0 spiro atoms. The Bertz CT molecular complexity index is 1000. The number of morpholine rings is 1. The highest BCUT2D eigenvalue weighted by Crippen LogP contribution is 2.38. The van der Waals surface area contributed by atoms with E-state index in [1.54, 1.807) is 17.0 Å². The molecule has 1 unspecified atom stereocenters. The number of halogens is 2. The first-order valence-electron chi connectivity index (χ1n) is 9.44. The lowest BCUT2D eigenvalue weighted by Crippen LogP contribution is -2.52. The van der Waals surface area contributed by atoms with Gasteiger partial charge in [0.15, 0.2) is 0 Å². The molecule has 0 aliphatic carbocycles. The van der Waals surface area contributed by atoms with Crippen molar-refractivity contribution in [3.63, 3.8) is 0 Å². The van der Waals surface area contributed by atoms with E-state index in [9.17, 15) is 13.2 Å². The lowest BCUT2D eigenvalue weighted by molar-refractivity contribution is -0.168. The number of ether oxygens (including phenoxy) is 1. The number of benzene rings is 2. The van der Waals surface area contributed by atoms with Crippen LogP contribution in [0.1, 0.15) is 24.0 Å². The van der Waals surface area contributed by atoms with Crippen molar-refractivity contribution in [2.24, 2.45) is 0 Å². The second kappa shape index (κ2) is 9.66. The molecule has 30 heavy (non-hydrogen) atoms. The van der Waals surface area contributed by atoms with Gasteiger partial charge in [-0.05, 0) is 36.1 Å². The average molecular weight is 472 g/mol. The van der Waals surface area contributed by atoms with Crippen molar-refractivity contribution in [3.05, 3.63) is 69.7 Å². The zero-order valence-corrected chi connectivity index (χ0v) is 18.8. The minimum atomic E-state index is -3.53. The fourth-order valence-corrected chi connectivity index (χ4v) is 4.22. The molecule has 0 aromatic heterocycles. The number of carbonyl (C=O) groups excluding carboxylic acids is 1. The van der Waals surface area contributed by atoms with E-state index in [0.29, 0.717) is 36.0 Å². The summed E-state index contributed by atoms with van der Waals surface area (Å²) >= 11 is 12.3. The van der Waals surface area contributed by atoms with Crippen LogP contribution in [-0.4, -0.2) is 45.2 Å². The summed E-state index contributed by atoms with van der Waals surface area (Å²) in [6.07, 6.45) is 1.87. The van der Waals surface area contributed by atoms with Crippen molar-refractivity contribution in [2.75, 3.05) is 26.0 Å². The maximum atomic E-state index is 12.5.